The van der Waals surface area contributed by atoms with Crippen LogP contribution in [-0.2, 0) is 5.60 Å². The van der Waals surface area contributed by atoms with Gasteiger partial charge in [0.25, 0.3) is 0 Å². The van der Waals surface area contributed by atoms with Crippen LogP contribution in [0.3, 0.4) is 0 Å². The molecule has 1 saturated carbocycles. The van der Waals surface area contributed by atoms with Gasteiger partial charge in [0.2, 0.25) is 0 Å². The first kappa shape index (κ1) is 13.6. The lowest BCUT2D eigenvalue weighted by Crippen LogP contribution is -2.40. The number of rotatable bonds is 1. The molecule has 2 atom stereocenters. The molecule has 1 aromatic rings. The summed E-state index contributed by atoms with van der Waals surface area (Å²) in [5, 5.41) is 11.1. The lowest BCUT2D eigenvalue weighted by molar-refractivity contribution is -0.0635. The Balaban J connectivity index is 2.37. The normalized spacial score (nSPS) is 31.3. The molecule has 1 aromatic carbocycles. The first-order valence-corrected chi connectivity index (χ1v) is 7.02. The molecule has 0 amide bonds. The zero-order valence-corrected chi connectivity index (χ0v) is 12.4. The van der Waals surface area contributed by atoms with E-state index in [0.29, 0.717) is 5.92 Å². The third kappa shape index (κ3) is 2.61. The van der Waals surface area contributed by atoms with E-state index in [1.807, 2.05) is 0 Å². The average Bonchev–Trinajstić information content (AvgIpc) is 2.18. The molecular weight excluding hydrogens is 220 g/mol. The number of hydrogen-bond acceptors (Lipinski definition) is 1. The van der Waals surface area contributed by atoms with Gasteiger partial charge in [-0.1, -0.05) is 39.0 Å². The lowest BCUT2D eigenvalue weighted by Gasteiger charge is -2.45. The van der Waals surface area contributed by atoms with Crippen LogP contribution in [0.2, 0.25) is 0 Å². The highest BCUT2D eigenvalue weighted by Gasteiger charge is 2.42. The highest BCUT2D eigenvalue weighted by Crippen LogP contribution is 2.48. The molecule has 2 unspecified atom stereocenters. The molecule has 1 heteroatoms. The molecule has 1 aliphatic carbocycles. The van der Waals surface area contributed by atoms with Crippen molar-refractivity contribution in [3.63, 3.8) is 0 Å². The number of benzene rings is 1. The van der Waals surface area contributed by atoms with Gasteiger partial charge in [-0.2, -0.15) is 0 Å². The van der Waals surface area contributed by atoms with Gasteiger partial charge in [0.1, 0.15) is 0 Å². The topological polar surface area (TPSA) is 20.2 Å². The predicted octanol–water partition coefficient (Wildman–Crippen LogP) is 4.34. The van der Waals surface area contributed by atoms with E-state index in [2.05, 4.69) is 52.8 Å². The Kier molecular flexibility index (Phi) is 3.31. The monoisotopic (exact) mass is 246 g/mol. The van der Waals surface area contributed by atoms with Crippen LogP contribution in [0.5, 0.6) is 0 Å². The number of aliphatic hydroxyl groups is 1. The minimum Gasteiger partial charge on any atom is -0.385 e. The van der Waals surface area contributed by atoms with Gasteiger partial charge in [0.05, 0.1) is 5.60 Å². The predicted molar refractivity (Wildman–Crippen MR) is 76.6 cm³/mol. The van der Waals surface area contributed by atoms with Crippen LogP contribution in [0.4, 0.5) is 0 Å². The van der Waals surface area contributed by atoms with Gasteiger partial charge in [0.15, 0.2) is 0 Å². The summed E-state index contributed by atoms with van der Waals surface area (Å²) in [5.74, 6) is 0.584. The van der Waals surface area contributed by atoms with Gasteiger partial charge >= 0.3 is 0 Å². The maximum absolute atomic E-state index is 11.1. The van der Waals surface area contributed by atoms with Crippen LogP contribution in [0.25, 0.3) is 0 Å². The summed E-state index contributed by atoms with van der Waals surface area (Å²) in [5.41, 5.74) is 3.26. The minimum absolute atomic E-state index is 0.227. The highest BCUT2D eigenvalue weighted by atomic mass is 16.3. The van der Waals surface area contributed by atoms with Crippen molar-refractivity contribution in [3.8, 4) is 0 Å². The average molecular weight is 246 g/mol. The third-order valence-electron chi connectivity index (χ3n) is 4.40. The van der Waals surface area contributed by atoms with E-state index in [1.54, 1.807) is 0 Å². The molecule has 0 radical (unpaired) electrons. The molecular formula is C17H26O. The summed E-state index contributed by atoms with van der Waals surface area (Å²) in [7, 11) is 0. The summed E-state index contributed by atoms with van der Waals surface area (Å²) >= 11 is 0. The summed E-state index contributed by atoms with van der Waals surface area (Å²) in [6.07, 6.45) is 2.96. The molecule has 1 fully saturated rings. The second-order valence-corrected chi connectivity index (χ2v) is 7.19. The van der Waals surface area contributed by atoms with E-state index in [9.17, 15) is 5.11 Å². The molecule has 2 rings (SSSR count). The van der Waals surface area contributed by atoms with Crippen LogP contribution in [-0.4, -0.2) is 5.11 Å². The lowest BCUT2D eigenvalue weighted by atomic mass is 9.64. The number of hydrogen-bond donors (Lipinski definition) is 1. The van der Waals surface area contributed by atoms with E-state index in [4.69, 9.17) is 0 Å². The SMILES string of the molecule is Cc1ccc(C2(O)CC(C)CC(C)(C)C2)cc1C. The second kappa shape index (κ2) is 4.38. The van der Waals surface area contributed by atoms with E-state index in [0.717, 1.165) is 18.4 Å². The van der Waals surface area contributed by atoms with Crippen LogP contribution >= 0.6 is 0 Å². The van der Waals surface area contributed by atoms with Gasteiger partial charge in [-0.15, -0.1) is 0 Å². The van der Waals surface area contributed by atoms with Crippen LogP contribution in [0, 0.1) is 25.2 Å². The Bertz CT molecular complexity index is 447. The van der Waals surface area contributed by atoms with E-state index in [1.165, 1.54) is 17.5 Å². The Morgan fingerprint density at radius 1 is 1.11 bits per heavy atom. The minimum atomic E-state index is -0.639. The molecule has 1 aliphatic rings. The molecule has 1 nitrogen and oxygen atoms in total. The first-order chi connectivity index (χ1) is 8.22. The quantitative estimate of drug-likeness (QED) is 0.781. The Morgan fingerprint density at radius 3 is 2.33 bits per heavy atom. The van der Waals surface area contributed by atoms with Gasteiger partial charge in [0, 0.05) is 0 Å². The Hall–Kier alpha value is -0.820. The van der Waals surface area contributed by atoms with E-state index >= 15 is 0 Å². The maximum Gasteiger partial charge on any atom is 0.0904 e. The number of aryl methyl sites for hydroxylation is 2. The van der Waals surface area contributed by atoms with Crippen molar-refractivity contribution in [1.82, 2.24) is 0 Å². The van der Waals surface area contributed by atoms with Crippen LogP contribution < -0.4 is 0 Å². The molecule has 0 spiro atoms. The van der Waals surface area contributed by atoms with Crippen molar-refractivity contribution in [1.29, 1.82) is 0 Å². The summed E-state index contributed by atoms with van der Waals surface area (Å²) < 4.78 is 0. The maximum atomic E-state index is 11.1. The fourth-order valence-electron chi connectivity index (χ4n) is 3.78. The summed E-state index contributed by atoms with van der Waals surface area (Å²) in [4.78, 5) is 0. The largest absolute Gasteiger partial charge is 0.385 e. The van der Waals surface area contributed by atoms with Crippen LogP contribution in [0.1, 0.15) is 56.7 Å². The standard InChI is InChI=1S/C17H26O/c1-12-9-16(4,5)11-17(18,10-12)15-7-6-13(2)14(3)8-15/h6-8,12,18H,9-11H2,1-5H3. The molecule has 1 N–H and O–H groups in total. The van der Waals surface area contributed by atoms with Crippen molar-refractivity contribution in [2.24, 2.45) is 11.3 Å². The van der Waals surface area contributed by atoms with Crippen molar-refractivity contribution in [3.05, 3.63) is 34.9 Å². The van der Waals surface area contributed by atoms with E-state index < -0.39 is 5.60 Å². The fourth-order valence-corrected chi connectivity index (χ4v) is 3.78. The van der Waals surface area contributed by atoms with Gasteiger partial charge in [-0.05, 0) is 61.1 Å². The molecule has 18 heavy (non-hydrogen) atoms. The van der Waals surface area contributed by atoms with Crippen molar-refractivity contribution >= 4 is 0 Å². The Labute approximate surface area is 111 Å². The highest BCUT2D eigenvalue weighted by molar-refractivity contribution is 5.33. The zero-order chi connectivity index (χ0) is 13.6. The van der Waals surface area contributed by atoms with Gasteiger partial charge < -0.3 is 5.11 Å². The first-order valence-electron chi connectivity index (χ1n) is 7.02. The van der Waals surface area contributed by atoms with Crippen molar-refractivity contribution in [2.75, 3.05) is 0 Å². The molecule has 100 valence electrons. The van der Waals surface area contributed by atoms with Gasteiger partial charge in [-0.25, -0.2) is 0 Å². The summed E-state index contributed by atoms with van der Waals surface area (Å²) in [6, 6.07) is 6.41. The fraction of sp³-hybridized carbons (Fsp3) is 0.647. The Morgan fingerprint density at radius 2 is 1.78 bits per heavy atom. The zero-order valence-electron chi connectivity index (χ0n) is 12.4. The molecule has 0 bridgehead atoms. The molecule has 0 aliphatic heterocycles. The van der Waals surface area contributed by atoms with Gasteiger partial charge in [-0.3, -0.25) is 0 Å². The van der Waals surface area contributed by atoms with Crippen LogP contribution in [0.15, 0.2) is 18.2 Å². The molecule has 0 aromatic heterocycles. The van der Waals surface area contributed by atoms with Crippen molar-refractivity contribution < 1.29 is 5.11 Å². The third-order valence-corrected chi connectivity index (χ3v) is 4.40. The smallest absolute Gasteiger partial charge is 0.0904 e. The second-order valence-electron chi connectivity index (χ2n) is 7.19. The van der Waals surface area contributed by atoms with E-state index in [-0.39, 0.29) is 5.41 Å². The van der Waals surface area contributed by atoms with Crippen molar-refractivity contribution in [2.45, 2.75) is 59.5 Å². The summed E-state index contributed by atoms with van der Waals surface area (Å²) in [6.45, 7) is 11.0. The molecule has 0 heterocycles. The molecule has 0 saturated heterocycles.